The van der Waals surface area contributed by atoms with Gasteiger partial charge in [-0.25, -0.2) is 0 Å². The van der Waals surface area contributed by atoms with E-state index in [1.807, 2.05) is 19.0 Å². The van der Waals surface area contributed by atoms with Gasteiger partial charge in [-0.2, -0.15) is 5.10 Å². The Bertz CT molecular complexity index is 477. The lowest BCUT2D eigenvalue weighted by Crippen LogP contribution is -2.30. The van der Waals surface area contributed by atoms with Crippen molar-refractivity contribution in [1.82, 2.24) is 14.7 Å². The van der Waals surface area contributed by atoms with Gasteiger partial charge in [0.1, 0.15) is 5.69 Å². The van der Waals surface area contributed by atoms with Gasteiger partial charge < -0.3 is 10.6 Å². The second-order valence-corrected chi connectivity index (χ2v) is 7.43. The molecule has 0 saturated carbocycles. The number of hydrogen-bond acceptors (Lipinski definition) is 4. The molecule has 21 heavy (non-hydrogen) atoms. The van der Waals surface area contributed by atoms with Crippen molar-refractivity contribution in [1.29, 1.82) is 0 Å². The molecule has 1 aromatic rings. The fraction of sp³-hybridized carbons (Fsp3) is 0.733. The Morgan fingerprint density at radius 2 is 2.10 bits per heavy atom. The lowest BCUT2D eigenvalue weighted by atomic mass is 9.86. The fourth-order valence-electron chi connectivity index (χ4n) is 2.30. The highest BCUT2D eigenvalue weighted by Gasteiger charge is 2.23. The van der Waals surface area contributed by atoms with Gasteiger partial charge in [-0.1, -0.05) is 32.4 Å². The van der Waals surface area contributed by atoms with Crippen LogP contribution in [-0.4, -0.2) is 47.1 Å². The molecule has 120 valence electrons. The molecule has 0 saturated heterocycles. The van der Waals surface area contributed by atoms with Crippen molar-refractivity contribution in [3.8, 4) is 0 Å². The Morgan fingerprint density at radius 1 is 1.48 bits per heavy atom. The molecule has 2 N–H and O–H groups in total. The van der Waals surface area contributed by atoms with Crippen molar-refractivity contribution in [2.45, 2.75) is 46.2 Å². The number of halogens is 1. The summed E-state index contributed by atoms with van der Waals surface area (Å²) in [6.45, 7) is 7.78. The van der Waals surface area contributed by atoms with Gasteiger partial charge in [-0.3, -0.25) is 9.48 Å². The molecule has 0 bridgehead atoms. The highest BCUT2D eigenvalue weighted by atomic mass is 35.5. The summed E-state index contributed by atoms with van der Waals surface area (Å²) < 4.78 is 1.68. The van der Waals surface area contributed by atoms with E-state index in [0.29, 0.717) is 23.7 Å². The molecule has 1 atom stereocenters. The number of rotatable bonds is 7. The Balaban J connectivity index is 2.75. The maximum atomic E-state index is 12.4. The number of Topliss-reactive ketones (excluding diaryl/α,β-unsaturated/α-hetero) is 1. The number of carbonyl (C=O) groups excluding carboxylic acids is 1. The predicted molar refractivity (Wildman–Crippen MR) is 86.8 cm³/mol. The molecule has 0 radical (unpaired) electrons. The molecule has 1 unspecified atom stereocenters. The van der Waals surface area contributed by atoms with Crippen LogP contribution in [0, 0.1) is 5.41 Å². The first-order chi connectivity index (χ1) is 9.60. The molecule has 1 rings (SSSR count). The molecular weight excluding hydrogens is 288 g/mol. The molecule has 0 amide bonds. The minimum absolute atomic E-state index is 0.0343. The second kappa shape index (κ2) is 7.38. The largest absolute Gasteiger partial charge is 0.327 e. The summed E-state index contributed by atoms with van der Waals surface area (Å²) in [6.07, 6.45) is 2.62. The maximum Gasteiger partial charge on any atom is 0.183 e. The predicted octanol–water partition coefficient (Wildman–Crippen LogP) is 2.43. The van der Waals surface area contributed by atoms with Crippen LogP contribution >= 0.6 is 11.6 Å². The Kier molecular flexibility index (Phi) is 6.38. The third-order valence-corrected chi connectivity index (χ3v) is 3.42. The first-order valence-corrected chi connectivity index (χ1v) is 7.63. The Labute approximate surface area is 132 Å². The first-order valence-electron chi connectivity index (χ1n) is 7.25. The number of carbonyl (C=O) groups is 1. The number of aromatic nitrogens is 2. The van der Waals surface area contributed by atoms with Crippen LogP contribution in [0.4, 0.5) is 0 Å². The van der Waals surface area contributed by atoms with Gasteiger partial charge in [-0.15, -0.1) is 0 Å². The van der Waals surface area contributed by atoms with Crippen molar-refractivity contribution < 1.29 is 4.79 Å². The van der Waals surface area contributed by atoms with Gasteiger partial charge in [0.15, 0.2) is 5.78 Å². The number of nitrogens with zero attached hydrogens (tertiary/aromatic N) is 3. The SMILES string of the molecule is CN(C)CCn1ncc(Cl)c1C(=O)CC(N)CC(C)(C)C. The van der Waals surface area contributed by atoms with Gasteiger partial charge in [0.2, 0.25) is 0 Å². The highest BCUT2D eigenvalue weighted by Crippen LogP contribution is 2.23. The molecule has 0 fully saturated rings. The molecular formula is C15H27ClN4O. The molecule has 0 aromatic carbocycles. The quantitative estimate of drug-likeness (QED) is 0.785. The van der Waals surface area contributed by atoms with Crippen molar-refractivity contribution >= 4 is 17.4 Å². The summed E-state index contributed by atoms with van der Waals surface area (Å²) in [6, 6.07) is -0.161. The average Bonchev–Trinajstić information content (AvgIpc) is 2.65. The zero-order valence-corrected chi connectivity index (χ0v) is 14.4. The minimum atomic E-state index is -0.161. The van der Waals surface area contributed by atoms with Crippen LogP contribution in [-0.2, 0) is 6.54 Å². The molecule has 6 heteroatoms. The maximum absolute atomic E-state index is 12.4. The summed E-state index contributed by atoms with van der Waals surface area (Å²) >= 11 is 6.11. The molecule has 0 aliphatic rings. The van der Waals surface area contributed by atoms with Crippen LogP contribution in [0.3, 0.4) is 0 Å². The summed E-state index contributed by atoms with van der Waals surface area (Å²) in [5.74, 6) is -0.0343. The Morgan fingerprint density at radius 3 is 2.62 bits per heavy atom. The van der Waals surface area contributed by atoms with Crippen molar-refractivity contribution in [3.63, 3.8) is 0 Å². The van der Waals surface area contributed by atoms with E-state index in [4.69, 9.17) is 17.3 Å². The zero-order chi connectivity index (χ0) is 16.2. The molecule has 5 nitrogen and oxygen atoms in total. The van der Waals surface area contributed by atoms with Crippen LogP contribution in [0.5, 0.6) is 0 Å². The number of nitrogens with two attached hydrogens (primary N) is 1. The number of hydrogen-bond donors (Lipinski definition) is 1. The lowest BCUT2D eigenvalue weighted by Gasteiger charge is -2.22. The van der Waals surface area contributed by atoms with E-state index >= 15 is 0 Å². The standard InChI is InChI=1S/C15H27ClN4O/c1-15(2,3)9-11(17)8-13(21)14-12(16)10-18-20(14)7-6-19(4)5/h10-11H,6-9,17H2,1-5H3. The van der Waals surface area contributed by atoms with E-state index < -0.39 is 0 Å². The minimum Gasteiger partial charge on any atom is -0.327 e. The van der Waals surface area contributed by atoms with E-state index in [2.05, 4.69) is 25.9 Å². The van der Waals surface area contributed by atoms with E-state index in [0.717, 1.165) is 13.0 Å². The second-order valence-electron chi connectivity index (χ2n) is 7.02. The molecule has 0 aliphatic carbocycles. The Hall–Kier alpha value is -0.910. The topological polar surface area (TPSA) is 64.2 Å². The van der Waals surface area contributed by atoms with Crippen LogP contribution in [0.1, 0.15) is 44.1 Å². The van der Waals surface area contributed by atoms with Crippen LogP contribution in [0.15, 0.2) is 6.20 Å². The van der Waals surface area contributed by atoms with Crippen LogP contribution in [0.2, 0.25) is 5.02 Å². The average molecular weight is 315 g/mol. The molecule has 1 heterocycles. The summed E-state index contributed by atoms with van der Waals surface area (Å²) in [4.78, 5) is 14.5. The van der Waals surface area contributed by atoms with Crippen LogP contribution in [0.25, 0.3) is 0 Å². The number of likely N-dealkylation sites (N-methyl/N-ethyl adjacent to an activating group) is 1. The summed E-state index contributed by atoms with van der Waals surface area (Å²) in [5, 5.41) is 4.59. The summed E-state index contributed by atoms with van der Waals surface area (Å²) in [5.41, 5.74) is 6.67. The monoisotopic (exact) mass is 314 g/mol. The van der Waals surface area contributed by atoms with Gasteiger partial charge in [0.05, 0.1) is 17.8 Å². The zero-order valence-electron chi connectivity index (χ0n) is 13.7. The van der Waals surface area contributed by atoms with E-state index in [-0.39, 0.29) is 17.2 Å². The molecule has 1 aromatic heterocycles. The third kappa shape index (κ3) is 6.16. The normalized spacial score (nSPS) is 13.7. The van der Waals surface area contributed by atoms with E-state index in [9.17, 15) is 4.79 Å². The number of ketones is 1. The highest BCUT2D eigenvalue weighted by molar-refractivity contribution is 6.33. The van der Waals surface area contributed by atoms with Crippen molar-refractivity contribution in [3.05, 3.63) is 16.9 Å². The van der Waals surface area contributed by atoms with Crippen molar-refractivity contribution in [2.24, 2.45) is 11.1 Å². The van der Waals surface area contributed by atoms with E-state index in [1.54, 1.807) is 4.68 Å². The molecule has 0 aliphatic heterocycles. The van der Waals surface area contributed by atoms with Gasteiger partial charge in [0.25, 0.3) is 0 Å². The van der Waals surface area contributed by atoms with Crippen LogP contribution < -0.4 is 5.73 Å². The third-order valence-electron chi connectivity index (χ3n) is 3.14. The van der Waals surface area contributed by atoms with Gasteiger partial charge >= 0.3 is 0 Å². The van der Waals surface area contributed by atoms with E-state index in [1.165, 1.54) is 6.20 Å². The lowest BCUT2D eigenvalue weighted by molar-refractivity contribution is 0.0957. The van der Waals surface area contributed by atoms with Gasteiger partial charge in [0, 0.05) is 19.0 Å². The first kappa shape index (κ1) is 18.1. The van der Waals surface area contributed by atoms with Gasteiger partial charge in [-0.05, 0) is 25.9 Å². The fourth-order valence-corrected chi connectivity index (χ4v) is 2.54. The summed E-state index contributed by atoms with van der Waals surface area (Å²) in [7, 11) is 3.96. The smallest absolute Gasteiger partial charge is 0.183 e. The molecule has 0 spiro atoms. The van der Waals surface area contributed by atoms with Crippen molar-refractivity contribution in [2.75, 3.05) is 20.6 Å².